The number of imidazole rings is 1. The molecule has 0 fully saturated rings. The predicted octanol–water partition coefficient (Wildman–Crippen LogP) is -0.0978. The fourth-order valence-corrected chi connectivity index (χ4v) is 2.55. The topological polar surface area (TPSA) is 178 Å². The lowest BCUT2D eigenvalue weighted by molar-refractivity contribution is -0.286. The summed E-state index contributed by atoms with van der Waals surface area (Å²) >= 11 is 0. The SMILES string of the molecule is NS(=O)(=O)c1n[nH]c(C(=O)Nc2nc3cc4c(cc3[nH]2)OC(F)(F)O4)n1. The summed E-state index contributed by atoms with van der Waals surface area (Å²) in [6.45, 7) is 0. The van der Waals surface area contributed by atoms with E-state index in [-0.39, 0.29) is 28.5 Å². The van der Waals surface area contributed by atoms with Gasteiger partial charge in [-0.15, -0.1) is 13.9 Å². The number of H-pyrrole nitrogens is 2. The second kappa shape index (κ2) is 5.09. The van der Waals surface area contributed by atoms with Gasteiger partial charge in [-0.25, -0.2) is 18.5 Å². The fraction of sp³-hybridized carbons (Fsp3) is 0.0909. The maximum Gasteiger partial charge on any atom is 0.586 e. The van der Waals surface area contributed by atoms with E-state index in [9.17, 15) is 22.0 Å². The van der Waals surface area contributed by atoms with Gasteiger partial charge in [0.2, 0.25) is 11.8 Å². The Morgan fingerprint density at radius 3 is 2.58 bits per heavy atom. The Morgan fingerprint density at radius 2 is 1.92 bits per heavy atom. The van der Waals surface area contributed by atoms with Crippen LogP contribution in [-0.4, -0.2) is 45.8 Å². The summed E-state index contributed by atoms with van der Waals surface area (Å²) in [4.78, 5) is 22.1. The molecule has 0 unspecified atom stereocenters. The molecule has 1 aliphatic heterocycles. The van der Waals surface area contributed by atoms with Crippen LogP contribution >= 0.6 is 0 Å². The molecule has 5 N–H and O–H groups in total. The number of halogens is 2. The van der Waals surface area contributed by atoms with E-state index in [2.05, 4.69) is 39.9 Å². The average Bonchev–Trinajstić information content (AvgIpc) is 3.17. The number of primary sulfonamides is 1. The number of fused-ring (bicyclic) bond motifs is 2. The van der Waals surface area contributed by atoms with Gasteiger partial charge in [0.15, 0.2) is 11.5 Å². The highest BCUT2D eigenvalue weighted by Gasteiger charge is 2.43. The molecule has 0 spiro atoms. The zero-order valence-electron chi connectivity index (χ0n) is 12.3. The molecule has 3 heterocycles. The van der Waals surface area contributed by atoms with Crippen LogP contribution in [0.2, 0.25) is 0 Å². The van der Waals surface area contributed by atoms with Crippen molar-refractivity contribution < 1.29 is 31.5 Å². The van der Waals surface area contributed by atoms with E-state index in [1.165, 1.54) is 12.1 Å². The van der Waals surface area contributed by atoms with Gasteiger partial charge in [-0.3, -0.25) is 15.2 Å². The van der Waals surface area contributed by atoms with Gasteiger partial charge < -0.3 is 14.5 Å². The first-order chi connectivity index (χ1) is 12.1. The quantitative estimate of drug-likeness (QED) is 0.481. The highest BCUT2D eigenvalue weighted by atomic mass is 32.2. The second-order valence-electron chi connectivity index (χ2n) is 5.03. The number of benzene rings is 1. The molecule has 12 nitrogen and oxygen atoms in total. The standard InChI is InChI=1S/C11H7F2N7O5S/c12-11(13)24-5-1-3-4(2-6(5)25-11)16-9(15-3)18-8(21)7-17-10(20-19-7)26(14,22)23/h1-2H,(H2,14,22,23)(H,17,19,20)(H2,15,16,18,21). The van der Waals surface area contributed by atoms with Crippen LogP contribution in [0.5, 0.6) is 11.5 Å². The van der Waals surface area contributed by atoms with Crippen molar-refractivity contribution in [3.05, 3.63) is 18.0 Å². The Bertz CT molecular complexity index is 1110. The van der Waals surface area contributed by atoms with E-state index < -0.39 is 33.2 Å². The van der Waals surface area contributed by atoms with E-state index in [1.807, 2.05) is 0 Å². The van der Waals surface area contributed by atoms with Gasteiger partial charge in [0.1, 0.15) is 0 Å². The van der Waals surface area contributed by atoms with Crippen LogP contribution in [0, 0.1) is 0 Å². The Labute approximate surface area is 141 Å². The van der Waals surface area contributed by atoms with E-state index in [0.29, 0.717) is 0 Å². The first kappa shape index (κ1) is 16.2. The number of carbonyl (C=O) groups excluding carboxylic acids is 1. The monoisotopic (exact) mass is 387 g/mol. The summed E-state index contributed by atoms with van der Waals surface area (Å²) in [6, 6.07) is 2.42. The number of rotatable bonds is 3. The molecule has 0 bridgehead atoms. The molecule has 0 aliphatic carbocycles. The molecule has 136 valence electrons. The van der Waals surface area contributed by atoms with Crippen molar-refractivity contribution in [2.45, 2.75) is 11.5 Å². The van der Waals surface area contributed by atoms with E-state index in [4.69, 9.17) is 5.14 Å². The molecule has 0 saturated heterocycles. The molecule has 1 aliphatic rings. The van der Waals surface area contributed by atoms with Crippen molar-refractivity contribution in [2.24, 2.45) is 5.14 Å². The summed E-state index contributed by atoms with van der Waals surface area (Å²) in [6.07, 6.45) is -3.76. The number of ether oxygens (including phenoxy) is 2. The van der Waals surface area contributed by atoms with Crippen LogP contribution in [0.15, 0.2) is 17.3 Å². The normalized spacial score (nSPS) is 15.3. The summed E-state index contributed by atoms with van der Waals surface area (Å²) in [7, 11) is -4.17. The van der Waals surface area contributed by atoms with E-state index in [1.54, 1.807) is 0 Å². The number of amides is 1. The molecule has 2 aromatic heterocycles. The van der Waals surface area contributed by atoms with Crippen molar-refractivity contribution in [2.75, 3.05) is 5.32 Å². The summed E-state index contributed by atoms with van der Waals surface area (Å²) in [5.74, 6) is -1.76. The first-order valence-electron chi connectivity index (χ1n) is 6.67. The number of sulfonamides is 1. The van der Waals surface area contributed by atoms with E-state index >= 15 is 0 Å². The smallest absolute Gasteiger partial charge is 0.395 e. The Balaban J connectivity index is 1.58. The zero-order chi connectivity index (χ0) is 18.7. The molecular formula is C11H7F2N7O5S. The van der Waals surface area contributed by atoms with Crippen molar-refractivity contribution >= 4 is 32.9 Å². The van der Waals surface area contributed by atoms with Crippen LogP contribution < -0.4 is 19.9 Å². The van der Waals surface area contributed by atoms with Gasteiger partial charge in [-0.05, 0) is 0 Å². The second-order valence-corrected chi connectivity index (χ2v) is 6.49. The molecule has 0 radical (unpaired) electrons. The number of anilines is 1. The molecular weight excluding hydrogens is 380 g/mol. The number of hydrogen-bond donors (Lipinski definition) is 4. The Kier molecular flexibility index (Phi) is 3.16. The van der Waals surface area contributed by atoms with Crippen LogP contribution in [0.1, 0.15) is 10.6 Å². The van der Waals surface area contributed by atoms with Crippen LogP contribution in [-0.2, 0) is 10.0 Å². The van der Waals surface area contributed by atoms with Gasteiger partial charge >= 0.3 is 6.29 Å². The van der Waals surface area contributed by atoms with E-state index in [0.717, 1.165) is 0 Å². The number of carbonyl (C=O) groups is 1. The number of alkyl halides is 2. The van der Waals surface area contributed by atoms with Crippen molar-refractivity contribution in [3.63, 3.8) is 0 Å². The highest BCUT2D eigenvalue weighted by Crippen LogP contribution is 2.42. The lowest BCUT2D eigenvalue weighted by atomic mass is 10.3. The molecule has 15 heteroatoms. The average molecular weight is 387 g/mol. The van der Waals surface area contributed by atoms with Gasteiger partial charge in [0.05, 0.1) is 11.0 Å². The lowest BCUT2D eigenvalue weighted by Gasteiger charge is -2.04. The molecule has 26 heavy (non-hydrogen) atoms. The lowest BCUT2D eigenvalue weighted by Crippen LogP contribution is -2.25. The highest BCUT2D eigenvalue weighted by molar-refractivity contribution is 7.89. The van der Waals surface area contributed by atoms with Gasteiger partial charge in [0, 0.05) is 12.1 Å². The van der Waals surface area contributed by atoms with Crippen LogP contribution in [0.3, 0.4) is 0 Å². The van der Waals surface area contributed by atoms with Crippen LogP contribution in [0.4, 0.5) is 14.7 Å². The minimum atomic E-state index is -4.17. The number of nitrogens with two attached hydrogens (primary N) is 1. The number of nitrogens with one attached hydrogen (secondary N) is 3. The fourth-order valence-electron chi connectivity index (χ4n) is 2.16. The predicted molar refractivity (Wildman–Crippen MR) is 78.0 cm³/mol. The Morgan fingerprint density at radius 1 is 1.23 bits per heavy atom. The van der Waals surface area contributed by atoms with Gasteiger partial charge in [0.25, 0.3) is 21.1 Å². The number of nitrogens with zero attached hydrogens (tertiary/aromatic N) is 3. The van der Waals surface area contributed by atoms with Crippen molar-refractivity contribution in [1.29, 1.82) is 0 Å². The maximum atomic E-state index is 13.0. The zero-order valence-corrected chi connectivity index (χ0v) is 13.1. The van der Waals surface area contributed by atoms with Gasteiger partial charge in [-0.1, -0.05) is 0 Å². The van der Waals surface area contributed by atoms with Gasteiger partial charge in [-0.2, -0.15) is 4.98 Å². The first-order valence-corrected chi connectivity index (χ1v) is 8.21. The third-order valence-corrected chi connectivity index (χ3v) is 3.86. The molecule has 3 aromatic rings. The van der Waals surface area contributed by atoms with Crippen molar-refractivity contribution in [3.8, 4) is 11.5 Å². The molecule has 4 rings (SSSR count). The Hall–Kier alpha value is -3.33. The number of aromatic nitrogens is 5. The molecule has 1 amide bonds. The van der Waals surface area contributed by atoms with Crippen molar-refractivity contribution in [1.82, 2.24) is 25.1 Å². The third kappa shape index (κ3) is 2.78. The van der Waals surface area contributed by atoms with Crippen LogP contribution in [0.25, 0.3) is 11.0 Å². The summed E-state index contributed by atoms with van der Waals surface area (Å²) < 4.78 is 56.8. The number of hydrogen-bond acceptors (Lipinski definition) is 8. The minimum absolute atomic E-state index is 0.0611. The third-order valence-electron chi connectivity index (χ3n) is 3.17. The number of aromatic amines is 2. The summed E-state index contributed by atoms with van der Waals surface area (Å²) in [5.41, 5.74) is 0.492. The molecule has 0 saturated carbocycles. The maximum absolute atomic E-state index is 13.0. The molecule has 0 atom stereocenters. The summed E-state index contributed by atoms with van der Waals surface area (Å²) in [5, 5.41) is 11.8. The minimum Gasteiger partial charge on any atom is -0.395 e. The molecule has 1 aromatic carbocycles. The largest absolute Gasteiger partial charge is 0.586 e.